The van der Waals surface area contributed by atoms with Crippen molar-refractivity contribution in [3.05, 3.63) is 59.7 Å². The van der Waals surface area contributed by atoms with Gasteiger partial charge in [-0.2, -0.15) is 0 Å². The predicted octanol–water partition coefficient (Wildman–Crippen LogP) is 0.469. The van der Waals surface area contributed by atoms with E-state index in [-0.39, 0.29) is 17.5 Å². The van der Waals surface area contributed by atoms with E-state index in [1.807, 2.05) is 12.1 Å². The molecular formula is C19H23N5O3. The standard InChI is InChI=1S/C19H23N5O3/c25-18(22-6-7-24-8-10-27-11-9-24)16-3-5-21-17(12-16)19(26)23-14-15-2-1-4-20-13-15/h1-5,12-13H,6-11,14H2,(H,22,25)(H,23,26). The lowest BCUT2D eigenvalue weighted by atomic mass is 10.2. The van der Waals surface area contributed by atoms with Crippen molar-refractivity contribution < 1.29 is 14.3 Å². The third kappa shape index (κ3) is 5.83. The zero-order valence-electron chi connectivity index (χ0n) is 15.1. The van der Waals surface area contributed by atoms with Crippen LogP contribution in [-0.4, -0.2) is 66.1 Å². The second kappa shape index (κ2) is 9.75. The van der Waals surface area contributed by atoms with Crippen LogP contribution in [0.4, 0.5) is 0 Å². The molecule has 0 saturated carbocycles. The molecule has 1 fully saturated rings. The minimum atomic E-state index is -0.332. The summed E-state index contributed by atoms with van der Waals surface area (Å²) in [4.78, 5) is 34.9. The van der Waals surface area contributed by atoms with Crippen molar-refractivity contribution in [2.45, 2.75) is 6.54 Å². The van der Waals surface area contributed by atoms with E-state index in [0.29, 0.717) is 18.7 Å². The molecule has 0 radical (unpaired) electrons. The average molecular weight is 369 g/mol. The fraction of sp³-hybridized carbons (Fsp3) is 0.368. The highest BCUT2D eigenvalue weighted by Crippen LogP contribution is 2.03. The number of aromatic nitrogens is 2. The lowest BCUT2D eigenvalue weighted by molar-refractivity contribution is 0.0383. The first-order valence-corrected chi connectivity index (χ1v) is 8.94. The Balaban J connectivity index is 1.49. The lowest BCUT2D eigenvalue weighted by Gasteiger charge is -2.26. The van der Waals surface area contributed by atoms with E-state index in [0.717, 1.165) is 38.4 Å². The Morgan fingerprint density at radius 2 is 1.96 bits per heavy atom. The topological polar surface area (TPSA) is 96.5 Å². The van der Waals surface area contributed by atoms with Crippen molar-refractivity contribution in [2.24, 2.45) is 0 Å². The van der Waals surface area contributed by atoms with Crippen LogP contribution in [-0.2, 0) is 11.3 Å². The molecule has 27 heavy (non-hydrogen) atoms. The lowest BCUT2D eigenvalue weighted by Crippen LogP contribution is -2.41. The summed E-state index contributed by atoms with van der Waals surface area (Å²) in [6, 6.07) is 6.78. The number of rotatable bonds is 7. The Labute approximate surface area is 158 Å². The summed E-state index contributed by atoms with van der Waals surface area (Å²) >= 11 is 0. The fourth-order valence-corrected chi connectivity index (χ4v) is 2.73. The molecule has 142 valence electrons. The van der Waals surface area contributed by atoms with Crippen LogP contribution in [0.3, 0.4) is 0 Å². The Bertz CT molecular complexity index is 763. The number of morpholine rings is 1. The number of ether oxygens (including phenoxy) is 1. The molecule has 8 heteroatoms. The molecule has 2 aromatic rings. The number of pyridine rings is 2. The van der Waals surface area contributed by atoms with Crippen molar-refractivity contribution in [3.8, 4) is 0 Å². The van der Waals surface area contributed by atoms with Gasteiger partial charge in [0.15, 0.2) is 0 Å². The van der Waals surface area contributed by atoms with Gasteiger partial charge in [-0.15, -0.1) is 0 Å². The predicted molar refractivity (Wildman–Crippen MR) is 99.2 cm³/mol. The highest BCUT2D eigenvalue weighted by molar-refractivity contribution is 5.98. The van der Waals surface area contributed by atoms with Gasteiger partial charge in [-0.1, -0.05) is 6.07 Å². The molecule has 2 N–H and O–H groups in total. The van der Waals surface area contributed by atoms with Gasteiger partial charge in [0.25, 0.3) is 11.8 Å². The van der Waals surface area contributed by atoms with Gasteiger partial charge in [0.05, 0.1) is 13.2 Å². The van der Waals surface area contributed by atoms with Crippen LogP contribution in [0.15, 0.2) is 42.9 Å². The molecule has 1 saturated heterocycles. The van der Waals surface area contributed by atoms with Gasteiger partial charge in [-0.25, -0.2) is 0 Å². The molecule has 0 aliphatic carbocycles. The van der Waals surface area contributed by atoms with E-state index in [1.54, 1.807) is 18.5 Å². The van der Waals surface area contributed by atoms with E-state index in [2.05, 4.69) is 25.5 Å². The molecule has 1 aliphatic heterocycles. The van der Waals surface area contributed by atoms with Crippen LogP contribution in [0.5, 0.6) is 0 Å². The van der Waals surface area contributed by atoms with Gasteiger partial charge in [0.2, 0.25) is 0 Å². The second-order valence-corrected chi connectivity index (χ2v) is 6.18. The SMILES string of the molecule is O=C(NCCN1CCOCC1)c1ccnc(C(=O)NCc2cccnc2)c1. The molecule has 2 aromatic heterocycles. The van der Waals surface area contributed by atoms with Gasteiger partial charge >= 0.3 is 0 Å². The van der Waals surface area contributed by atoms with Gasteiger partial charge in [0.1, 0.15) is 5.69 Å². The first-order chi connectivity index (χ1) is 13.2. The fourth-order valence-electron chi connectivity index (χ4n) is 2.73. The van der Waals surface area contributed by atoms with E-state index in [4.69, 9.17) is 4.74 Å². The molecule has 0 unspecified atom stereocenters. The molecule has 3 heterocycles. The van der Waals surface area contributed by atoms with Crippen LogP contribution in [0.1, 0.15) is 26.4 Å². The number of hydrogen-bond acceptors (Lipinski definition) is 6. The number of nitrogens with one attached hydrogen (secondary N) is 2. The minimum Gasteiger partial charge on any atom is -0.379 e. The number of carbonyl (C=O) groups excluding carboxylic acids is 2. The summed E-state index contributed by atoms with van der Waals surface area (Å²) in [5.41, 5.74) is 1.51. The van der Waals surface area contributed by atoms with Crippen LogP contribution >= 0.6 is 0 Å². The average Bonchev–Trinajstić information content (AvgIpc) is 2.73. The van der Waals surface area contributed by atoms with Gasteiger partial charge < -0.3 is 15.4 Å². The number of carbonyl (C=O) groups is 2. The molecule has 0 spiro atoms. The van der Waals surface area contributed by atoms with E-state index >= 15 is 0 Å². The molecule has 0 aromatic carbocycles. The highest BCUT2D eigenvalue weighted by atomic mass is 16.5. The van der Waals surface area contributed by atoms with Crippen LogP contribution < -0.4 is 10.6 Å². The van der Waals surface area contributed by atoms with Crippen molar-refractivity contribution >= 4 is 11.8 Å². The monoisotopic (exact) mass is 369 g/mol. The third-order valence-electron chi connectivity index (χ3n) is 4.25. The number of amides is 2. The minimum absolute atomic E-state index is 0.208. The summed E-state index contributed by atoms with van der Waals surface area (Å²) in [7, 11) is 0. The Morgan fingerprint density at radius 1 is 1.11 bits per heavy atom. The second-order valence-electron chi connectivity index (χ2n) is 6.18. The maximum atomic E-state index is 12.3. The molecule has 3 rings (SSSR count). The quantitative estimate of drug-likeness (QED) is 0.736. The van der Waals surface area contributed by atoms with Crippen molar-refractivity contribution in [1.82, 2.24) is 25.5 Å². The van der Waals surface area contributed by atoms with E-state index < -0.39 is 0 Å². The summed E-state index contributed by atoms with van der Waals surface area (Å²) in [6.07, 6.45) is 4.83. The Morgan fingerprint density at radius 3 is 2.74 bits per heavy atom. The van der Waals surface area contributed by atoms with Crippen molar-refractivity contribution in [2.75, 3.05) is 39.4 Å². The molecule has 0 bridgehead atoms. The zero-order valence-corrected chi connectivity index (χ0v) is 15.1. The normalized spacial score (nSPS) is 14.5. The third-order valence-corrected chi connectivity index (χ3v) is 4.25. The molecule has 2 amide bonds. The van der Waals surface area contributed by atoms with Gasteiger partial charge in [-0.05, 0) is 23.8 Å². The Kier molecular flexibility index (Phi) is 6.84. The highest BCUT2D eigenvalue weighted by Gasteiger charge is 2.13. The van der Waals surface area contributed by atoms with Gasteiger partial charge in [0, 0.05) is 56.9 Å². The maximum Gasteiger partial charge on any atom is 0.270 e. The summed E-state index contributed by atoms with van der Waals surface area (Å²) < 4.78 is 5.30. The maximum absolute atomic E-state index is 12.3. The smallest absolute Gasteiger partial charge is 0.270 e. The number of nitrogens with zero attached hydrogens (tertiary/aromatic N) is 3. The van der Waals surface area contributed by atoms with Crippen LogP contribution in [0, 0.1) is 0 Å². The van der Waals surface area contributed by atoms with E-state index in [1.165, 1.54) is 12.3 Å². The molecular weight excluding hydrogens is 346 g/mol. The van der Waals surface area contributed by atoms with Crippen LogP contribution in [0.25, 0.3) is 0 Å². The molecule has 0 atom stereocenters. The first-order valence-electron chi connectivity index (χ1n) is 8.94. The summed E-state index contributed by atoms with van der Waals surface area (Å²) in [5, 5.41) is 5.66. The van der Waals surface area contributed by atoms with Crippen LogP contribution in [0.2, 0.25) is 0 Å². The van der Waals surface area contributed by atoms with Crippen molar-refractivity contribution in [3.63, 3.8) is 0 Å². The van der Waals surface area contributed by atoms with E-state index in [9.17, 15) is 9.59 Å². The first kappa shape index (κ1) is 18.9. The molecule has 1 aliphatic rings. The summed E-state index contributed by atoms with van der Waals surface area (Å²) in [5.74, 6) is -0.547. The zero-order chi connectivity index (χ0) is 18.9. The Hall–Kier alpha value is -2.84. The number of hydrogen-bond donors (Lipinski definition) is 2. The summed E-state index contributed by atoms with van der Waals surface area (Å²) in [6.45, 7) is 4.90. The largest absolute Gasteiger partial charge is 0.379 e. The van der Waals surface area contributed by atoms with Gasteiger partial charge in [-0.3, -0.25) is 24.5 Å². The molecule has 8 nitrogen and oxygen atoms in total. The van der Waals surface area contributed by atoms with Crippen molar-refractivity contribution in [1.29, 1.82) is 0 Å².